The van der Waals surface area contributed by atoms with Crippen molar-refractivity contribution in [2.24, 2.45) is 23.7 Å². The largest absolute Gasteiger partial charge is 0.472 e. The number of aliphatic hydroxyl groups excluding tert-OH is 1. The summed E-state index contributed by atoms with van der Waals surface area (Å²) in [4.78, 5) is 72.9. The standard InChI is InChI=1S/C79H154O17P2/c1-69(2)55-47-39-31-24-18-13-11-9-10-12-14-21-27-35-43-51-59-76(81)89-65-74(95-79(84)62-54-46-37-29-23-17-20-26-33-41-49-57-71(5)6)67-93-97(85,86)91-63-73(80)64-92-98(87,88)94-68-75(66-90-77(82)60-52-44-38-30-34-42-50-58-72(7)8)96-78(83)61-53-45-36-28-22-16-15-19-25-32-40-48-56-70(3)4/h69-75,80H,9-68H2,1-8H3,(H,85,86)(H,87,88)/t73?,74-,75-/m1/s1. The van der Waals surface area contributed by atoms with Gasteiger partial charge >= 0.3 is 39.5 Å². The SMILES string of the molecule is CC(C)CCCCCCCCCCCCCCCCCCC(=O)OC[C@H](COP(=O)(O)OCC(O)COP(=O)(O)OC[C@@H](COC(=O)CCCCCCCCCC(C)C)OC(=O)CCCCCCCCCCCCCCC(C)C)OC(=O)CCCCCCCCCCCCCC(C)C. The molecule has 0 aliphatic heterocycles. The van der Waals surface area contributed by atoms with Gasteiger partial charge in [-0.05, 0) is 49.4 Å². The van der Waals surface area contributed by atoms with E-state index in [0.717, 1.165) is 114 Å². The van der Waals surface area contributed by atoms with E-state index in [1.807, 2.05) is 0 Å². The molecule has 0 aliphatic carbocycles. The average Bonchev–Trinajstić information content (AvgIpc) is 1.14. The highest BCUT2D eigenvalue weighted by Gasteiger charge is 2.30. The van der Waals surface area contributed by atoms with Crippen LogP contribution in [0, 0.1) is 23.7 Å². The number of esters is 4. The molecule has 17 nitrogen and oxygen atoms in total. The molecule has 0 heterocycles. The highest BCUT2D eigenvalue weighted by atomic mass is 31.2. The quantitative estimate of drug-likeness (QED) is 0.0222. The van der Waals surface area contributed by atoms with Gasteiger partial charge in [0.25, 0.3) is 0 Å². The predicted molar refractivity (Wildman–Crippen MR) is 400 cm³/mol. The van der Waals surface area contributed by atoms with Crippen LogP contribution in [0.5, 0.6) is 0 Å². The second-order valence-corrected chi connectivity index (χ2v) is 33.3. The second kappa shape index (κ2) is 68.2. The van der Waals surface area contributed by atoms with Gasteiger partial charge in [-0.2, -0.15) is 0 Å². The van der Waals surface area contributed by atoms with Gasteiger partial charge in [-0.1, -0.05) is 351 Å². The first-order valence-corrected chi connectivity index (χ1v) is 43.7. The van der Waals surface area contributed by atoms with Gasteiger partial charge in [0.05, 0.1) is 26.4 Å². The van der Waals surface area contributed by atoms with Crippen LogP contribution < -0.4 is 0 Å². The van der Waals surface area contributed by atoms with Crippen molar-refractivity contribution in [2.75, 3.05) is 39.6 Å². The number of hydrogen-bond donors (Lipinski definition) is 3. The van der Waals surface area contributed by atoms with Crippen LogP contribution in [0.4, 0.5) is 0 Å². The number of phosphoric acid groups is 2. The lowest BCUT2D eigenvalue weighted by atomic mass is 10.0. The molecule has 0 saturated carbocycles. The van der Waals surface area contributed by atoms with Gasteiger partial charge in [0, 0.05) is 25.7 Å². The molecule has 0 bridgehead atoms. The minimum absolute atomic E-state index is 0.106. The van der Waals surface area contributed by atoms with Crippen LogP contribution in [0.1, 0.15) is 402 Å². The third kappa shape index (κ3) is 72.4. The van der Waals surface area contributed by atoms with Gasteiger partial charge in [-0.3, -0.25) is 37.3 Å². The number of carbonyl (C=O) groups is 4. The van der Waals surface area contributed by atoms with E-state index in [1.54, 1.807) is 0 Å². The molecule has 0 aromatic carbocycles. The van der Waals surface area contributed by atoms with E-state index in [9.17, 15) is 43.2 Å². The lowest BCUT2D eigenvalue weighted by Crippen LogP contribution is -2.30. The molecule has 0 aromatic heterocycles. The first-order valence-electron chi connectivity index (χ1n) is 40.7. The molecular formula is C79H154O17P2. The van der Waals surface area contributed by atoms with Crippen LogP contribution in [-0.2, 0) is 65.4 Å². The number of carbonyl (C=O) groups excluding carboxylic acids is 4. The number of rotatable bonds is 76. The summed E-state index contributed by atoms with van der Waals surface area (Å²) < 4.78 is 68.6. The zero-order valence-corrected chi connectivity index (χ0v) is 66.2. The first-order chi connectivity index (χ1) is 47.1. The van der Waals surface area contributed by atoms with E-state index in [4.69, 9.17) is 37.0 Å². The monoisotopic (exact) mass is 1440 g/mol. The van der Waals surface area contributed by atoms with Crippen LogP contribution in [0.3, 0.4) is 0 Å². The second-order valence-electron chi connectivity index (χ2n) is 30.4. The molecule has 19 heteroatoms. The van der Waals surface area contributed by atoms with Crippen molar-refractivity contribution >= 4 is 39.5 Å². The Morgan fingerprint density at radius 1 is 0.255 bits per heavy atom. The van der Waals surface area contributed by atoms with Crippen molar-refractivity contribution in [1.82, 2.24) is 0 Å². The Hall–Kier alpha value is -1.94. The molecule has 0 radical (unpaired) electrons. The fourth-order valence-electron chi connectivity index (χ4n) is 12.1. The van der Waals surface area contributed by atoms with Crippen LogP contribution in [0.2, 0.25) is 0 Å². The Labute approximate surface area is 600 Å². The maximum atomic E-state index is 13.1. The molecule has 3 unspecified atom stereocenters. The molecule has 3 N–H and O–H groups in total. The van der Waals surface area contributed by atoms with E-state index in [1.165, 1.54) is 199 Å². The minimum atomic E-state index is -4.96. The van der Waals surface area contributed by atoms with Crippen LogP contribution in [0.15, 0.2) is 0 Å². The normalized spacial score (nSPS) is 14.1. The van der Waals surface area contributed by atoms with E-state index in [0.29, 0.717) is 31.6 Å². The Balaban J connectivity index is 5.23. The van der Waals surface area contributed by atoms with Crippen molar-refractivity contribution in [1.29, 1.82) is 0 Å². The Morgan fingerprint density at radius 2 is 0.429 bits per heavy atom. The Kier molecular flexibility index (Phi) is 66.8. The average molecular weight is 1440 g/mol. The number of hydrogen-bond acceptors (Lipinski definition) is 15. The Morgan fingerprint density at radius 3 is 0.633 bits per heavy atom. The number of ether oxygens (including phenoxy) is 4. The van der Waals surface area contributed by atoms with E-state index in [-0.39, 0.29) is 25.7 Å². The summed E-state index contributed by atoms with van der Waals surface area (Å²) in [6.07, 6.45) is 54.2. The van der Waals surface area contributed by atoms with Gasteiger partial charge in [0.15, 0.2) is 12.2 Å². The van der Waals surface area contributed by atoms with Gasteiger partial charge in [-0.15, -0.1) is 0 Å². The zero-order chi connectivity index (χ0) is 72.4. The zero-order valence-electron chi connectivity index (χ0n) is 64.4. The molecule has 582 valence electrons. The van der Waals surface area contributed by atoms with E-state index < -0.39 is 97.5 Å². The summed E-state index contributed by atoms with van der Waals surface area (Å²) in [6.45, 7) is 14.2. The van der Waals surface area contributed by atoms with Crippen molar-refractivity contribution < 1.29 is 80.2 Å². The third-order valence-corrected chi connectivity index (χ3v) is 20.2. The maximum Gasteiger partial charge on any atom is 0.472 e. The summed E-state index contributed by atoms with van der Waals surface area (Å²) in [5, 5.41) is 10.6. The van der Waals surface area contributed by atoms with Gasteiger partial charge in [0.2, 0.25) is 0 Å². The smallest absolute Gasteiger partial charge is 0.462 e. The highest BCUT2D eigenvalue weighted by Crippen LogP contribution is 2.45. The van der Waals surface area contributed by atoms with Crippen LogP contribution in [-0.4, -0.2) is 96.7 Å². The van der Waals surface area contributed by atoms with Crippen molar-refractivity contribution in [3.05, 3.63) is 0 Å². The number of unbranched alkanes of at least 4 members (excludes halogenated alkanes) is 42. The van der Waals surface area contributed by atoms with E-state index in [2.05, 4.69) is 55.4 Å². The molecule has 0 aliphatic rings. The van der Waals surface area contributed by atoms with Crippen LogP contribution >= 0.6 is 15.6 Å². The lowest BCUT2D eigenvalue weighted by Gasteiger charge is -2.21. The lowest BCUT2D eigenvalue weighted by molar-refractivity contribution is -0.161. The maximum absolute atomic E-state index is 13.1. The molecule has 0 rings (SSSR count). The molecule has 5 atom stereocenters. The molecule has 0 spiro atoms. The summed E-state index contributed by atoms with van der Waals surface area (Å²) in [5.41, 5.74) is 0. The van der Waals surface area contributed by atoms with Gasteiger partial charge < -0.3 is 33.8 Å². The van der Waals surface area contributed by atoms with Crippen molar-refractivity contribution in [2.45, 2.75) is 420 Å². The number of phosphoric ester groups is 2. The fourth-order valence-corrected chi connectivity index (χ4v) is 13.7. The minimum Gasteiger partial charge on any atom is -0.462 e. The molecule has 0 amide bonds. The molecule has 0 saturated heterocycles. The van der Waals surface area contributed by atoms with Crippen molar-refractivity contribution in [3.8, 4) is 0 Å². The molecule has 98 heavy (non-hydrogen) atoms. The summed E-state index contributed by atoms with van der Waals surface area (Å²) >= 11 is 0. The van der Waals surface area contributed by atoms with E-state index >= 15 is 0 Å². The summed E-state index contributed by atoms with van der Waals surface area (Å²) in [5.74, 6) is 0.942. The highest BCUT2D eigenvalue weighted by molar-refractivity contribution is 7.47. The third-order valence-electron chi connectivity index (χ3n) is 18.3. The summed E-state index contributed by atoms with van der Waals surface area (Å²) in [6, 6.07) is 0. The first kappa shape index (κ1) is 96.1. The molecule has 0 aromatic rings. The molecule has 0 fully saturated rings. The fraction of sp³-hybridized carbons (Fsp3) is 0.949. The Bertz CT molecular complexity index is 1920. The topological polar surface area (TPSA) is 237 Å². The van der Waals surface area contributed by atoms with Gasteiger partial charge in [-0.25, -0.2) is 9.13 Å². The number of aliphatic hydroxyl groups is 1. The van der Waals surface area contributed by atoms with Gasteiger partial charge in [0.1, 0.15) is 19.3 Å². The van der Waals surface area contributed by atoms with Crippen LogP contribution in [0.25, 0.3) is 0 Å². The predicted octanol–water partition coefficient (Wildman–Crippen LogP) is 23.2. The van der Waals surface area contributed by atoms with Crippen molar-refractivity contribution in [3.63, 3.8) is 0 Å². The molecular weight excluding hydrogens is 1280 g/mol. The summed E-state index contributed by atoms with van der Waals surface area (Å²) in [7, 11) is -9.92.